The molecule has 1 aromatic carbocycles. The number of benzene rings is 1. The van der Waals surface area contributed by atoms with Crippen molar-refractivity contribution < 1.29 is 14.6 Å². The number of rotatable bonds is 5. The molecule has 6 nitrogen and oxygen atoms in total. The van der Waals surface area contributed by atoms with Crippen LogP contribution in [0, 0.1) is 5.92 Å². The van der Waals surface area contributed by atoms with Crippen LogP contribution in [-0.2, 0) is 6.54 Å². The Bertz CT molecular complexity index is 618. The summed E-state index contributed by atoms with van der Waals surface area (Å²) < 4.78 is 7.16. The first-order chi connectivity index (χ1) is 10.2. The zero-order valence-corrected chi connectivity index (χ0v) is 11.5. The number of carboxylic acids is 1. The maximum absolute atomic E-state index is 11.5. The van der Waals surface area contributed by atoms with Gasteiger partial charge in [-0.3, -0.25) is 4.68 Å². The molecule has 0 spiro atoms. The minimum absolute atomic E-state index is 0.103. The zero-order chi connectivity index (χ0) is 14.7. The summed E-state index contributed by atoms with van der Waals surface area (Å²) in [7, 11) is 0. The van der Waals surface area contributed by atoms with Crippen LogP contribution >= 0.6 is 0 Å². The maximum atomic E-state index is 11.5. The van der Waals surface area contributed by atoms with Crippen molar-refractivity contribution >= 4 is 5.97 Å². The molecular formula is C15H17N3O3. The molecule has 2 heterocycles. The first kappa shape index (κ1) is 13.6. The van der Waals surface area contributed by atoms with E-state index in [1.165, 1.54) is 10.9 Å². The quantitative estimate of drug-likeness (QED) is 0.879. The van der Waals surface area contributed by atoms with Gasteiger partial charge in [-0.15, -0.1) is 0 Å². The smallest absolute Gasteiger partial charge is 0.358 e. The van der Waals surface area contributed by atoms with Crippen molar-refractivity contribution in [2.75, 3.05) is 13.1 Å². The summed E-state index contributed by atoms with van der Waals surface area (Å²) in [6.45, 7) is 2.46. The van der Waals surface area contributed by atoms with Crippen LogP contribution in [-0.4, -0.2) is 33.9 Å². The van der Waals surface area contributed by atoms with Gasteiger partial charge in [0.05, 0.1) is 6.20 Å². The second-order valence-corrected chi connectivity index (χ2v) is 5.12. The Kier molecular flexibility index (Phi) is 3.87. The largest absolute Gasteiger partial charge is 0.476 e. The van der Waals surface area contributed by atoms with Crippen LogP contribution < -0.4 is 10.1 Å². The predicted octanol–water partition coefficient (Wildman–Crippen LogP) is 1.98. The number of hydrogen-bond acceptors (Lipinski definition) is 4. The number of carbonyl (C=O) groups is 1. The van der Waals surface area contributed by atoms with Crippen molar-refractivity contribution in [2.24, 2.45) is 5.92 Å². The topological polar surface area (TPSA) is 76.4 Å². The highest BCUT2D eigenvalue weighted by atomic mass is 16.5. The average Bonchev–Trinajstić information content (AvgIpc) is 3.11. The van der Waals surface area contributed by atoms with Crippen LogP contribution in [0.5, 0.6) is 11.5 Å². The predicted molar refractivity (Wildman–Crippen MR) is 76.7 cm³/mol. The number of aromatic carboxylic acids is 1. The van der Waals surface area contributed by atoms with Gasteiger partial charge in [0.25, 0.3) is 0 Å². The van der Waals surface area contributed by atoms with E-state index in [1.54, 1.807) is 12.1 Å². The molecule has 2 N–H and O–H groups in total. The van der Waals surface area contributed by atoms with Crippen molar-refractivity contribution in [1.82, 2.24) is 15.1 Å². The molecule has 1 saturated heterocycles. The van der Waals surface area contributed by atoms with Crippen LogP contribution in [0.25, 0.3) is 0 Å². The molecule has 21 heavy (non-hydrogen) atoms. The molecule has 0 bridgehead atoms. The van der Waals surface area contributed by atoms with Crippen LogP contribution in [0.3, 0.4) is 0 Å². The summed E-state index contributed by atoms with van der Waals surface area (Å²) in [5.41, 5.74) is 0.103. The lowest BCUT2D eigenvalue weighted by molar-refractivity contribution is 0.0679. The third-order valence-corrected chi connectivity index (χ3v) is 3.57. The van der Waals surface area contributed by atoms with E-state index < -0.39 is 5.97 Å². The monoisotopic (exact) mass is 287 g/mol. The molecule has 1 fully saturated rings. The summed E-state index contributed by atoms with van der Waals surface area (Å²) in [5, 5.41) is 16.9. The lowest BCUT2D eigenvalue weighted by atomic mass is 10.1. The molecule has 1 atom stereocenters. The Morgan fingerprint density at radius 3 is 2.90 bits per heavy atom. The van der Waals surface area contributed by atoms with Crippen LogP contribution in [0.15, 0.2) is 36.5 Å². The number of nitrogens with zero attached hydrogens (tertiary/aromatic N) is 2. The molecule has 3 rings (SSSR count). The Morgan fingerprint density at radius 2 is 2.24 bits per heavy atom. The molecule has 1 aliphatic rings. The highest BCUT2D eigenvalue weighted by Crippen LogP contribution is 2.26. The average molecular weight is 287 g/mol. The SMILES string of the molecule is O=C(O)c1c(Oc2ccccc2)cnn1CC1CCNC1. The lowest BCUT2D eigenvalue weighted by Crippen LogP contribution is -2.18. The fourth-order valence-electron chi connectivity index (χ4n) is 2.53. The van der Waals surface area contributed by atoms with E-state index in [0.717, 1.165) is 19.5 Å². The number of carboxylic acid groups (broad SMARTS) is 1. The van der Waals surface area contributed by atoms with Gasteiger partial charge in [0.15, 0.2) is 11.4 Å². The van der Waals surface area contributed by atoms with Gasteiger partial charge in [0.1, 0.15) is 5.75 Å². The molecule has 1 aromatic heterocycles. The van der Waals surface area contributed by atoms with Gasteiger partial charge < -0.3 is 15.2 Å². The van der Waals surface area contributed by atoms with Gasteiger partial charge in [-0.05, 0) is 37.6 Å². The van der Waals surface area contributed by atoms with Crippen molar-refractivity contribution in [3.8, 4) is 11.5 Å². The van der Waals surface area contributed by atoms with Crippen molar-refractivity contribution in [3.63, 3.8) is 0 Å². The number of hydrogen-bond donors (Lipinski definition) is 2. The minimum atomic E-state index is -1.02. The van der Waals surface area contributed by atoms with Crippen molar-refractivity contribution in [2.45, 2.75) is 13.0 Å². The molecule has 0 amide bonds. The van der Waals surface area contributed by atoms with E-state index in [-0.39, 0.29) is 11.4 Å². The Labute approximate surface area is 122 Å². The van der Waals surface area contributed by atoms with Crippen LogP contribution in [0.4, 0.5) is 0 Å². The van der Waals surface area contributed by atoms with Gasteiger partial charge >= 0.3 is 5.97 Å². The Hall–Kier alpha value is -2.34. The standard InChI is InChI=1S/C15H17N3O3/c19-15(20)14-13(21-12-4-2-1-3-5-12)9-17-18(14)10-11-6-7-16-8-11/h1-5,9,11,16H,6-8,10H2,(H,19,20). The summed E-state index contributed by atoms with van der Waals surface area (Å²) in [6, 6.07) is 9.12. The number of para-hydroxylation sites is 1. The van der Waals surface area contributed by atoms with E-state index in [0.29, 0.717) is 18.2 Å². The van der Waals surface area contributed by atoms with Crippen molar-refractivity contribution in [1.29, 1.82) is 0 Å². The second-order valence-electron chi connectivity index (χ2n) is 5.12. The molecule has 0 saturated carbocycles. The molecule has 0 radical (unpaired) electrons. The molecule has 1 unspecified atom stereocenters. The summed E-state index contributed by atoms with van der Waals surface area (Å²) in [6.07, 6.45) is 2.51. The summed E-state index contributed by atoms with van der Waals surface area (Å²) >= 11 is 0. The van der Waals surface area contributed by atoms with Crippen molar-refractivity contribution in [3.05, 3.63) is 42.2 Å². The van der Waals surface area contributed by atoms with Gasteiger partial charge in [0, 0.05) is 6.54 Å². The highest BCUT2D eigenvalue weighted by molar-refractivity contribution is 5.88. The number of nitrogens with one attached hydrogen (secondary N) is 1. The van der Waals surface area contributed by atoms with E-state index >= 15 is 0 Å². The van der Waals surface area contributed by atoms with Gasteiger partial charge in [-0.2, -0.15) is 5.10 Å². The lowest BCUT2D eigenvalue weighted by Gasteiger charge is -2.10. The van der Waals surface area contributed by atoms with E-state index in [4.69, 9.17) is 4.74 Å². The highest BCUT2D eigenvalue weighted by Gasteiger charge is 2.23. The maximum Gasteiger partial charge on any atom is 0.358 e. The zero-order valence-electron chi connectivity index (χ0n) is 11.5. The summed E-state index contributed by atoms with van der Waals surface area (Å²) in [5.74, 6) is 0.263. The third-order valence-electron chi connectivity index (χ3n) is 3.57. The minimum Gasteiger partial charge on any atom is -0.476 e. The van der Waals surface area contributed by atoms with Gasteiger partial charge in [0.2, 0.25) is 0 Å². The summed E-state index contributed by atoms with van der Waals surface area (Å²) in [4.78, 5) is 11.5. The Morgan fingerprint density at radius 1 is 1.43 bits per heavy atom. The van der Waals surface area contributed by atoms with Crippen LogP contribution in [0.2, 0.25) is 0 Å². The Balaban J connectivity index is 1.83. The van der Waals surface area contributed by atoms with E-state index in [9.17, 15) is 9.90 Å². The van der Waals surface area contributed by atoms with Gasteiger partial charge in [-0.1, -0.05) is 18.2 Å². The second kappa shape index (κ2) is 5.97. The molecule has 0 aliphatic carbocycles. The molecule has 2 aromatic rings. The molecule has 6 heteroatoms. The van der Waals surface area contributed by atoms with E-state index in [1.807, 2.05) is 18.2 Å². The first-order valence-electron chi connectivity index (χ1n) is 6.97. The fraction of sp³-hybridized carbons (Fsp3) is 0.333. The fourth-order valence-corrected chi connectivity index (χ4v) is 2.53. The van der Waals surface area contributed by atoms with E-state index in [2.05, 4.69) is 10.4 Å². The molecular weight excluding hydrogens is 270 g/mol. The molecule has 1 aliphatic heterocycles. The third kappa shape index (κ3) is 3.05. The number of ether oxygens (including phenoxy) is 1. The molecule has 110 valence electrons. The van der Waals surface area contributed by atoms with Gasteiger partial charge in [-0.25, -0.2) is 4.79 Å². The van der Waals surface area contributed by atoms with Crippen LogP contribution in [0.1, 0.15) is 16.9 Å². The number of aromatic nitrogens is 2. The first-order valence-corrected chi connectivity index (χ1v) is 6.97. The normalized spacial score (nSPS) is 17.8.